The van der Waals surface area contributed by atoms with E-state index in [1.165, 1.54) is 7.11 Å². The van der Waals surface area contributed by atoms with Gasteiger partial charge in [0.05, 0.1) is 19.2 Å². The number of nitrogens with two attached hydrogens (primary N) is 1. The number of nitrogens with zero attached hydrogens (tertiary/aromatic N) is 1. The SMILES string of the molecule is CNC(=O)CN(C)c1ccc(N)c(C(=O)OC)c1. The number of rotatable bonds is 4. The van der Waals surface area contributed by atoms with Crippen molar-refractivity contribution in [3.05, 3.63) is 23.8 Å². The molecule has 6 nitrogen and oxygen atoms in total. The van der Waals surface area contributed by atoms with Crippen LogP contribution >= 0.6 is 0 Å². The van der Waals surface area contributed by atoms with Crippen molar-refractivity contribution in [1.82, 2.24) is 5.32 Å². The van der Waals surface area contributed by atoms with Crippen LogP contribution in [0.3, 0.4) is 0 Å². The minimum absolute atomic E-state index is 0.117. The van der Waals surface area contributed by atoms with Crippen LogP contribution in [0.2, 0.25) is 0 Å². The third kappa shape index (κ3) is 3.13. The second kappa shape index (κ2) is 5.90. The van der Waals surface area contributed by atoms with E-state index in [1.54, 1.807) is 37.2 Å². The molecule has 0 heterocycles. The Hall–Kier alpha value is -2.24. The zero-order valence-corrected chi connectivity index (χ0v) is 10.7. The van der Waals surface area contributed by atoms with Gasteiger partial charge < -0.3 is 20.7 Å². The second-order valence-corrected chi connectivity index (χ2v) is 3.79. The lowest BCUT2D eigenvalue weighted by Gasteiger charge is -2.19. The number of amides is 1. The summed E-state index contributed by atoms with van der Waals surface area (Å²) in [6, 6.07) is 4.96. The molecule has 0 aliphatic carbocycles. The molecule has 0 aliphatic heterocycles. The lowest BCUT2D eigenvalue weighted by atomic mass is 10.1. The number of nitrogens with one attached hydrogen (secondary N) is 1. The fourth-order valence-electron chi connectivity index (χ4n) is 1.45. The van der Waals surface area contributed by atoms with Gasteiger partial charge in [-0.3, -0.25) is 4.79 Å². The van der Waals surface area contributed by atoms with E-state index in [1.807, 2.05) is 0 Å². The summed E-state index contributed by atoms with van der Waals surface area (Å²) in [5.41, 5.74) is 7.05. The Morgan fingerprint density at radius 2 is 2.11 bits per heavy atom. The highest BCUT2D eigenvalue weighted by molar-refractivity contribution is 5.96. The molecule has 0 aliphatic rings. The van der Waals surface area contributed by atoms with Crippen LogP contribution < -0.4 is 16.0 Å². The van der Waals surface area contributed by atoms with Crippen LogP contribution in [-0.4, -0.2) is 39.6 Å². The van der Waals surface area contributed by atoms with Crippen molar-refractivity contribution < 1.29 is 14.3 Å². The highest BCUT2D eigenvalue weighted by Crippen LogP contribution is 2.21. The van der Waals surface area contributed by atoms with Crippen molar-refractivity contribution in [2.75, 3.05) is 38.4 Å². The van der Waals surface area contributed by atoms with Gasteiger partial charge >= 0.3 is 5.97 Å². The lowest BCUT2D eigenvalue weighted by Crippen LogP contribution is -2.33. The molecule has 1 aromatic carbocycles. The van der Waals surface area contributed by atoms with E-state index in [2.05, 4.69) is 10.1 Å². The number of carbonyl (C=O) groups is 2. The highest BCUT2D eigenvalue weighted by Gasteiger charge is 2.13. The number of likely N-dealkylation sites (N-methyl/N-ethyl adjacent to an activating group) is 2. The molecule has 18 heavy (non-hydrogen) atoms. The number of hydrogen-bond acceptors (Lipinski definition) is 5. The van der Waals surface area contributed by atoms with Gasteiger partial charge in [-0.15, -0.1) is 0 Å². The summed E-state index contributed by atoms with van der Waals surface area (Å²) in [6.07, 6.45) is 0. The molecular weight excluding hydrogens is 234 g/mol. The average molecular weight is 251 g/mol. The number of nitrogen functional groups attached to an aromatic ring is 1. The van der Waals surface area contributed by atoms with E-state index in [0.29, 0.717) is 16.9 Å². The van der Waals surface area contributed by atoms with Crippen LogP contribution in [0.4, 0.5) is 11.4 Å². The second-order valence-electron chi connectivity index (χ2n) is 3.79. The summed E-state index contributed by atoms with van der Waals surface area (Å²) >= 11 is 0. The Morgan fingerprint density at radius 1 is 1.44 bits per heavy atom. The fraction of sp³-hybridized carbons (Fsp3) is 0.333. The maximum absolute atomic E-state index is 11.5. The molecule has 0 fully saturated rings. The minimum Gasteiger partial charge on any atom is -0.465 e. The largest absolute Gasteiger partial charge is 0.465 e. The first-order valence-electron chi connectivity index (χ1n) is 5.39. The third-order valence-electron chi connectivity index (χ3n) is 2.54. The van der Waals surface area contributed by atoms with Crippen LogP contribution in [0, 0.1) is 0 Å². The van der Waals surface area contributed by atoms with Crippen molar-refractivity contribution in [3.8, 4) is 0 Å². The number of methoxy groups -OCH3 is 1. The number of anilines is 2. The van der Waals surface area contributed by atoms with Crippen LogP contribution in [-0.2, 0) is 9.53 Å². The van der Waals surface area contributed by atoms with Gasteiger partial charge in [0.1, 0.15) is 0 Å². The van der Waals surface area contributed by atoms with Crippen molar-refractivity contribution >= 4 is 23.3 Å². The summed E-state index contributed by atoms with van der Waals surface area (Å²) in [4.78, 5) is 24.5. The predicted octanol–water partition coefficient (Wildman–Crippen LogP) is 0.238. The number of carbonyl (C=O) groups excluding carboxylic acids is 2. The number of hydrogen-bond donors (Lipinski definition) is 2. The first kappa shape index (κ1) is 13.8. The Bertz CT molecular complexity index is 460. The third-order valence-corrected chi connectivity index (χ3v) is 2.54. The smallest absolute Gasteiger partial charge is 0.340 e. The van der Waals surface area contributed by atoms with E-state index in [-0.39, 0.29) is 12.5 Å². The van der Waals surface area contributed by atoms with E-state index in [0.717, 1.165) is 0 Å². The maximum atomic E-state index is 11.5. The average Bonchev–Trinajstić information content (AvgIpc) is 2.38. The van der Waals surface area contributed by atoms with Gasteiger partial charge in [0.25, 0.3) is 0 Å². The number of ether oxygens (including phenoxy) is 1. The summed E-state index contributed by atoms with van der Waals surface area (Å²) < 4.78 is 4.64. The zero-order chi connectivity index (χ0) is 13.7. The molecule has 0 radical (unpaired) electrons. The molecule has 0 spiro atoms. The Balaban J connectivity index is 2.97. The fourth-order valence-corrected chi connectivity index (χ4v) is 1.45. The van der Waals surface area contributed by atoms with E-state index in [9.17, 15) is 9.59 Å². The van der Waals surface area contributed by atoms with E-state index >= 15 is 0 Å². The molecule has 0 unspecified atom stereocenters. The van der Waals surface area contributed by atoms with E-state index < -0.39 is 5.97 Å². The van der Waals surface area contributed by atoms with Gasteiger partial charge in [-0.2, -0.15) is 0 Å². The molecule has 0 saturated heterocycles. The number of esters is 1. The van der Waals surface area contributed by atoms with Crippen LogP contribution in [0.25, 0.3) is 0 Å². The quantitative estimate of drug-likeness (QED) is 0.591. The van der Waals surface area contributed by atoms with Gasteiger partial charge in [-0.1, -0.05) is 0 Å². The molecular formula is C12H17N3O3. The Morgan fingerprint density at radius 3 is 2.67 bits per heavy atom. The Labute approximate surface area is 106 Å². The molecule has 0 aromatic heterocycles. The minimum atomic E-state index is -0.498. The summed E-state index contributed by atoms with van der Waals surface area (Å²) in [6.45, 7) is 0.195. The van der Waals surface area contributed by atoms with Crippen LogP contribution in [0.5, 0.6) is 0 Å². The summed E-state index contributed by atoms with van der Waals surface area (Å²) in [5, 5.41) is 2.53. The van der Waals surface area contributed by atoms with Gasteiger partial charge in [0, 0.05) is 25.5 Å². The standard InChI is InChI=1S/C12H17N3O3/c1-14-11(16)7-15(2)8-4-5-10(13)9(6-8)12(17)18-3/h4-6H,7,13H2,1-3H3,(H,14,16). The van der Waals surface area contributed by atoms with Crippen LogP contribution in [0.1, 0.15) is 10.4 Å². The highest BCUT2D eigenvalue weighted by atomic mass is 16.5. The zero-order valence-electron chi connectivity index (χ0n) is 10.7. The molecule has 0 atom stereocenters. The first-order valence-corrected chi connectivity index (χ1v) is 5.39. The first-order chi connectivity index (χ1) is 8.49. The van der Waals surface area contributed by atoms with Crippen LogP contribution in [0.15, 0.2) is 18.2 Å². The molecule has 1 aromatic rings. The van der Waals surface area contributed by atoms with Crippen molar-refractivity contribution in [3.63, 3.8) is 0 Å². The van der Waals surface area contributed by atoms with Gasteiger partial charge in [-0.05, 0) is 18.2 Å². The van der Waals surface area contributed by atoms with Gasteiger partial charge in [0.15, 0.2) is 0 Å². The van der Waals surface area contributed by atoms with Crippen molar-refractivity contribution in [2.24, 2.45) is 0 Å². The van der Waals surface area contributed by atoms with Gasteiger partial charge in [0.2, 0.25) is 5.91 Å². The Kier molecular flexibility index (Phi) is 4.53. The monoisotopic (exact) mass is 251 g/mol. The molecule has 98 valence electrons. The van der Waals surface area contributed by atoms with E-state index in [4.69, 9.17) is 5.73 Å². The van der Waals surface area contributed by atoms with Crippen molar-refractivity contribution in [1.29, 1.82) is 0 Å². The summed E-state index contributed by atoms with van der Waals surface area (Å²) in [5.74, 6) is -0.614. The molecule has 1 amide bonds. The molecule has 0 saturated carbocycles. The summed E-state index contributed by atoms with van der Waals surface area (Å²) in [7, 11) is 4.61. The molecule has 1 rings (SSSR count). The molecule has 3 N–H and O–H groups in total. The predicted molar refractivity (Wildman–Crippen MR) is 69.5 cm³/mol. The maximum Gasteiger partial charge on any atom is 0.340 e. The molecule has 0 bridgehead atoms. The number of benzene rings is 1. The lowest BCUT2D eigenvalue weighted by molar-refractivity contribution is -0.119. The topological polar surface area (TPSA) is 84.7 Å². The molecule has 6 heteroatoms. The van der Waals surface area contributed by atoms with Gasteiger partial charge in [-0.25, -0.2) is 4.79 Å². The van der Waals surface area contributed by atoms with Crippen molar-refractivity contribution in [2.45, 2.75) is 0 Å². The normalized spacial score (nSPS) is 9.72.